The summed E-state index contributed by atoms with van der Waals surface area (Å²) in [7, 11) is 1.81. The normalized spacial score (nSPS) is 21.8. The van der Waals surface area contributed by atoms with Gasteiger partial charge in [-0.15, -0.1) is 0 Å². The lowest BCUT2D eigenvalue weighted by atomic mass is 10.1. The smallest absolute Gasteiger partial charge is 0.251 e. The number of nitrogens with two attached hydrogens (primary N) is 1. The Bertz CT molecular complexity index is 661. The lowest BCUT2D eigenvalue weighted by molar-refractivity contribution is -0.140. The molecule has 0 saturated carbocycles. The highest BCUT2D eigenvalue weighted by molar-refractivity contribution is 5.82. The fourth-order valence-corrected chi connectivity index (χ4v) is 3.20. The van der Waals surface area contributed by atoms with E-state index in [4.69, 9.17) is 15.2 Å². The third-order valence-corrected chi connectivity index (χ3v) is 4.92. The van der Waals surface area contributed by atoms with E-state index < -0.39 is 0 Å². The predicted molar refractivity (Wildman–Crippen MR) is 98.1 cm³/mol. The monoisotopic (exact) mass is 379 g/mol. The average Bonchev–Trinajstić information content (AvgIpc) is 3.02. The first-order valence-electron chi connectivity index (χ1n) is 9.19. The van der Waals surface area contributed by atoms with Crippen LogP contribution in [-0.2, 0) is 9.53 Å². The lowest BCUT2D eigenvalue weighted by Gasteiger charge is -2.32. The number of amides is 1. The van der Waals surface area contributed by atoms with Gasteiger partial charge in [0.1, 0.15) is 12.7 Å². The van der Waals surface area contributed by atoms with Gasteiger partial charge in [-0.1, -0.05) is 0 Å². The number of carbonyl (C=O) groups excluding carboxylic acids is 1. The molecule has 3 rings (SSSR count). The van der Waals surface area contributed by atoms with Crippen LogP contribution in [0.25, 0.3) is 0 Å². The van der Waals surface area contributed by atoms with Crippen LogP contribution >= 0.6 is 0 Å². The van der Waals surface area contributed by atoms with Crippen LogP contribution in [0.4, 0.5) is 10.3 Å². The van der Waals surface area contributed by atoms with Crippen molar-refractivity contribution in [3.63, 3.8) is 0 Å². The van der Waals surface area contributed by atoms with Gasteiger partial charge < -0.3 is 25.0 Å². The van der Waals surface area contributed by atoms with Gasteiger partial charge in [0, 0.05) is 45.2 Å². The van der Waals surface area contributed by atoms with Crippen molar-refractivity contribution in [3.05, 3.63) is 24.3 Å². The summed E-state index contributed by atoms with van der Waals surface area (Å²) in [6.07, 6.45) is 5.83. The number of rotatable bonds is 7. The maximum Gasteiger partial charge on any atom is 0.251 e. The second kappa shape index (κ2) is 9.09. The summed E-state index contributed by atoms with van der Waals surface area (Å²) in [4.78, 5) is 24.4. The van der Waals surface area contributed by atoms with Gasteiger partial charge in [0.25, 0.3) is 5.91 Å². The predicted octanol–water partition coefficient (Wildman–Crippen LogP) is 0.884. The lowest BCUT2D eigenvalue weighted by Crippen LogP contribution is -2.40. The molecule has 0 unspecified atom stereocenters. The summed E-state index contributed by atoms with van der Waals surface area (Å²) in [6.45, 7) is 2.48. The molecule has 9 heteroatoms. The highest BCUT2D eigenvalue weighted by Crippen LogP contribution is 2.23. The molecule has 2 saturated heterocycles. The van der Waals surface area contributed by atoms with Crippen molar-refractivity contribution in [1.29, 1.82) is 0 Å². The van der Waals surface area contributed by atoms with Gasteiger partial charge in [-0.2, -0.15) is 0 Å². The Morgan fingerprint density at radius 1 is 1.30 bits per heavy atom. The van der Waals surface area contributed by atoms with E-state index in [9.17, 15) is 9.18 Å². The number of ether oxygens (including phenoxy) is 2. The second-order valence-corrected chi connectivity index (χ2v) is 6.84. The number of carbonyl (C=O) groups is 1. The first kappa shape index (κ1) is 19.5. The zero-order valence-electron chi connectivity index (χ0n) is 15.5. The molecule has 8 nitrogen and oxygen atoms in total. The molecule has 0 spiro atoms. The van der Waals surface area contributed by atoms with Crippen molar-refractivity contribution in [2.75, 3.05) is 44.7 Å². The maximum absolute atomic E-state index is 12.5. The Hall–Kier alpha value is -2.26. The fourth-order valence-electron chi connectivity index (χ4n) is 3.20. The molecule has 2 N–H and O–H groups in total. The van der Waals surface area contributed by atoms with Gasteiger partial charge in [-0.25, -0.2) is 14.4 Å². The molecule has 0 radical (unpaired) electrons. The van der Waals surface area contributed by atoms with Gasteiger partial charge in [-0.3, -0.25) is 4.79 Å². The third-order valence-electron chi connectivity index (χ3n) is 4.92. The van der Waals surface area contributed by atoms with E-state index >= 15 is 0 Å². The number of hydrogen-bond donors (Lipinski definition) is 1. The van der Waals surface area contributed by atoms with E-state index in [1.54, 1.807) is 17.3 Å². The molecule has 148 valence electrons. The summed E-state index contributed by atoms with van der Waals surface area (Å²) < 4.78 is 23.9. The SMILES string of the molecule is CN1CC[C@H](OC2CCN(c3ncc(OC/C(=C/F)CN)cn3)CC2)C1=O. The first-order valence-corrected chi connectivity index (χ1v) is 9.19. The quantitative estimate of drug-likeness (QED) is 0.752. The summed E-state index contributed by atoms with van der Waals surface area (Å²) in [5, 5.41) is 0. The summed E-state index contributed by atoms with van der Waals surface area (Å²) >= 11 is 0. The summed E-state index contributed by atoms with van der Waals surface area (Å²) in [5.41, 5.74) is 5.76. The van der Waals surface area contributed by atoms with Crippen LogP contribution < -0.4 is 15.4 Å². The largest absolute Gasteiger partial charge is 0.486 e. The topological polar surface area (TPSA) is 93.8 Å². The van der Waals surface area contributed by atoms with Crippen molar-refractivity contribution >= 4 is 11.9 Å². The Morgan fingerprint density at radius 3 is 2.56 bits per heavy atom. The Morgan fingerprint density at radius 2 is 2.00 bits per heavy atom. The maximum atomic E-state index is 12.5. The van der Waals surface area contributed by atoms with Crippen molar-refractivity contribution in [3.8, 4) is 5.75 Å². The molecule has 0 aliphatic carbocycles. The van der Waals surface area contributed by atoms with Crippen LogP contribution in [0.3, 0.4) is 0 Å². The standard InChI is InChI=1S/C18H26FN5O3/c1-23-5-4-16(17(23)25)27-14-2-6-24(7-3-14)18-21-10-15(11-22-18)26-12-13(8-19)9-20/h8,10-11,14,16H,2-7,9,12,20H2,1H3/b13-8+/t16-/m0/s1. The van der Waals surface area contributed by atoms with E-state index in [1.165, 1.54) is 0 Å². The summed E-state index contributed by atoms with van der Waals surface area (Å²) in [5.74, 6) is 1.17. The molecule has 3 heterocycles. The van der Waals surface area contributed by atoms with Crippen molar-refractivity contribution in [1.82, 2.24) is 14.9 Å². The van der Waals surface area contributed by atoms with E-state index in [0.717, 1.165) is 38.9 Å². The molecule has 27 heavy (non-hydrogen) atoms. The number of aromatic nitrogens is 2. The zero-order chi connectivity index (χ0) is 19.2. The molecule has 1 amide bonds. The van der Waals surface area contributed by atoms with Gasteiger partial charge in [0.05, 0.1) is 24.8 Å². The number of piperidine rings is 1. The molecular weight excluding hydrogens is 353 g/mol. The van der Waals surface area contributed by atoms with Gasteiger partial charge in [0.2, 0.25) is 5.95 Å². The zero-order valence-corrected chi connectivity index (χ0v) is 15.5. The molecule has 2 aliphatic rings. The van der Waals surface area contributed by atoms with Crippen LogP contribution in [0.1, 0.15) is 19.3 Å². The Balaban J connectivity index is 1.46. The number of likely N-dealkylation sites (tertiary alicyclic amines) is 1. The molecule has 2 fully saturated rings. The Kier molecular flexibility index (Phi) is 6.57. The van der Waals surface area contributed by atoms with Crippen molar-refractivity contribution in [2.45, 2.75) is 31.5 Å². The minimum atomic E-state index is -0.295. The molecule has 2 aliphatic heterocycles. The average molecular weight is 379 g/mol. The van der Waals surface area contributed by atoms with Gasteiger partial charge in [0.15, 0.2) is 5.75 Å². The molecule has 1 aromatic rings. The van der Waals surface area contributed by atoms with Crippen molar-refractivity contribution < 1.29 is 18.7 Å². The fraction of sp³-hybridized carbons (Fsp3) is 0.611. The van der Waals surface area contributed by atoms with Crippen molar-refractivity contribution in [2.24, 2.45) is 5.73 Å². The molecule has 1 atom stereocenters. The minimum absolute atomic E-state index is 0.0769. The van der Waals surface area contributed by atoms with Crippen LogP contribution in [-0.4, -0.2) is 72.8 Å². The minimum Gasteiger partial charge on any atom is -0.486 e. The van der Waals surface area contributed by atoms with E-state index in [2.05, 4.69) is 14.9 Å². The third kappa shape index (κ3) is 4.92. The molecule has 1 aromatic heterocycles. The molecule has 0 bridgehead atoms. The van der Waals surface area contributed by atoms with E-state index in [0.29, 0.717) is 23.6 Å². The number of halogens is 1. The summed E-state index contributed by atoms with van der Waals surface area (Å²) in [6, 6.07) is 0. The first-order chi connectivity index (χ1) is 13.1. The number of hydrogen-bond acceptors (Lipinski definition) is 7. The van der Waals surface area contributed by atoms with Crippen LogP contribution in [0, 0.1) is 0 Å². The van der Waals surface area contributed by atoms with Crippen LogP contribution in [0.15, 0.2) is 24.3 Å². The second-order valence-electron chi connectivity index (χ2n) is 6.84. The number of nitrogens with zero attached hydrogens (tertiary/aromatic N) is 4. The number of anilines is 1. The highest BCUT2D eigenvalue weighted by atomic mass is 19.1. The van der Waals surface area contributed by atoms with Crippen LogP contribution in [0.5, 0.6) is 5.75 Å². The van der Waals surface area contributed by atoms with Crippen LogP contribution in [0.2, 0.25) is 0 Å². The molecular formula is C18H26FN5O3. The van der Waals surface area contributed by atoms with Gasteiger partial charge in [-0.05, 0) is 12.8 Å². The number of likely N-dealkylation sites (N-methyl/N-ethyl adjacent to an activating group) is 1. The highest BCUT2D eigenvalue weighted by Gasteiger charge is 2.33. The Labute approximate surface area is 158 Å². The molecule has 0 aromatic carbocycles. The van der Waals surface area contributed by atoms with Gasteiger partial charge >= 0.3 is 0 Å². The van der Waals surface area contributed by atoms with E-state index in [-0.39, 0.29) is 31.3 Å². The van der Waals surface area contributed by atoms with E-state index in [1.807, 2.05) is 7.05 Å².